The summed E-state index contributed by atoms with van der Waals surface area (Å²) in [6.07, 6.45) is 4.65. The fourth-order valence-electron chi connectivity index (χ4n) is 2.04. The molecule has 1 N–H and O–H groups in total. The third-order valence-corrected chi connectivity index (χ3v) is 2.89. The molecule has 3 nitrogen and oxygen atoms in total. The van der Waals surface area contributed by atoms with Crippen LogP contribution in [0.3, 0.4) is 0 Å². The maximum absolute atomic E-state index is 10.3. The largest absolute Gasteiger partial charge is 0.478 e. The number of anilines is 1. The van der Waals surface area contributed by atoms with E-state index >= 15 is 0 Å². The van der Waals surface area contributed by atoms with Crippen LogP contribution < -0.4 is 4.90 Å². The average Bonchev–Trinajstić information content (AvgIpc) is 2.60. The van der Waals surface area contributed by atoms with Crippen LogP contribution in [0.25, 0.3) is 0 Å². The van der Waals surface area contributed by atoms with Crippen molar-refractivity contribution in [1.82, 2.24) is 0 Å². The van der Waals surface area contributed by atoms with Gasteiger partial charge in [-0.2, -0.15) is 0 Å². The number of benzene rings is 1. The molecular formula is C13H15NO2. The first kappa shape index (κ1) is 10.7. The first-order chi connectivity index (χ1) is 7.66. The number of carboxylic acids is 1. The van der Waals surface area contributed by atoms with Gasteiger partial charge < -0.3 is 10.0 Å². The Morgan fingerprint density at radius 2 is 2.38 bits per heavy atom. The van der Waals surface area contributed by atoms with Crippen LogP contribution in [-0.4, -0.2) is 24.7 Å². The second-order valence-corrected chi connectivity index (χ2v) is 4.08. The van der Waals surface area contributed by atoms with Gasteiger partial charge in [0.25, 0.3) is 0 Å². The minimum Gasteiger partial charge on any atom is -0.478 e. The summed E-state index contributed by atoms with van der Waals surface area (Å²) in [5.41, 5.74) is 3.83. The Hall–Kier alpha value is -1.77. The van der Waals surface area contributed by atoms with E-state index < -0.39 is 5.97 Å². The molecule has 1 heterocycles. The first-order valence-corrected chi connectivity index (χ1v) is 5.39. The lowest BCUT2D eigenvalue weighted by molar-refractivity contribution is -0.131. The smallest absolute Gasteiger partial charge is 0.327 e. The highest BCUT2D eigenvalue weighted by molar-refractivity contribution is 5.79. The molecule has 3 heteroatoms. The number of carbonyl (C=O) groups is 1. The van der Waals surface area contributed by atoms with Gasteiger partial charge in [-0.3, -0.25) is 0 Å². The standard InChI is InChI=1S/C13H15NO2/c1-14-8-7-11-9-10(5-6-12(11)14)3-2-4-13(15)16/h2,4-6,9H,3,7-8H2,1H3,(H,15,16)/b4-2+. The fourth-order valence-corrected chi connectivity index (χ4v) is 2.04. The molecule has 2 rings (SSSR count). The predicted molar refractivity (Wildman–Crippen MR) is 63.9 cm³/mol. The third kappa shape index (κ3) is 2.24. The lowest BCUT2D eigenvalue weighted by Gasteiger charge is -2.11. The summed E-state index contributed by atoms with van der Waals surface area (Å²) in [6, 6.07) is 6.35. The molecule has 1 aliphatic heterocycles. The van der Waals surface area contributed by atoms with E-state index in [2.05, 4.69) is 30.1 Å². The van der Waals surface area contributed by atoms with Crippen molar-refractivity contribution in [3.63, 3.8) is 0 Å². The summed E-state index contributed by atoms with van der Waals surface area (Å²) in [7, 11) is 2.09. The first-order valence-electron chi connectivity index (χ1n) is 5.39. The lowest BCUT2D eigenvalue weighted by Crippen LogP contribution is -2.12. The van der Waals surface area contributed by atoms with Crippen LogP contribution in [-0.2, 0) is 17.6 Å². The van der Waals surface area contributed by atoms with Gasteiger partial charge in [-0.05, 0) is 30.0 Å². The SMILES string of the molecule is CN1CCc2cc(C/C=C/C(=O)O)ccc21. The minimum absolute atomic E-state index is 0.684. The van der Waals surface area contributed by atoms with Gasteiger partial charge in [0.2, 0.25) is 0 Å². The Bertz CT molecular complexity index is 438. The summed E-state index contributed by atoms with van der Waals surface area (Å²) in [5.74, 6) is -0.888. The van der Waals surface area contributed by atoms with Crippen molar-refractivity contribution in [2.45, 2.75) is 12.8 Å². The van der Waals surface area contributed by atoms with E-state index in [9.17, 15) is 4.79 Å². The van der Waals surface area contributed by atoms with Crippen molar-refractivity contribution in [3.05, 3.63) is 41.5 Å². The molecular weight excluding hydrogens is 202 g/mol. The van der Waals surface area contributed by atoms with Crippen LogP contribution in [0.5, 0.6) is 0 Å². The van der Waals surface area contributed by atoms with Crippen LogP contribution in [0.1, 0.15) is 11.1 Å². The number of fused-ring (bicyclic) bond motifs is 1. The third-order valence-electron chi connectivity index (χ3n) is 2.89. The van der Waals surface area contributed by atoms with E-state index in [1.54, 1.807) is 6.08 Å². The molecule has 0 bridgehead atoms. The van der Waals surface area contributed by atoms with E-state index in [0.29, 0.717) is 6.42 Å². The Balaban J connectivity index is 2.10. The maximum Gasteiger partial charge on any atom is 0.327 e. The summed E-state index contributed by atoms with van der Waals surface area (Å²) >= 11 is 0. The molecule has 1 aliphatic rings. The highest BCUT2D eigenvalue weighted by atomic mass is 16.4. The molecule has 0 saturated carbocycles. The van der Waals surface area contributed by atoms with E-state index in [0.717, 1.165) is 13.0 Å². The highest BCUT2D eigenvalue weighted by Gasteiger charge is 2.14. The molecule has 0 saturated heterocycles. The zero-order chi connectivity index (χ0) is 11.5. The molecule has 0 unspecified atom stereocenters. The Morgan fingerprint density at radius 1 is 1.56 bits per heavy atom. The maximum atomic E-state index is 10.3. The zero-order valence-corrected chi connectivity index (χ0v) is 9.31. The van der Waals surface area contributed by atoms with Crippen LogP contribution >= 0.6 is 0 Å². The minimum atomic E-state index is -0.888. The number of hydrogen-bond acceptors (Lipinski definition) is 2. The molecule has 0 radical (unpaired) electrons. The highest BCUT2D eigenvalue weighted by Crippen LogP contribution is 2.27. The molecule has 0 fully saturated rings. The van der Waals surface area contributed by atoms with Gasteiger partial charge in [0.15, 0.2) is 0 Å². The molecule has 0 amide bonds. The van der Waals surface area contributed by atoms with Crippen molar-refractivity contribution in [3.8, 4) is 0 Å². The molecule has 84 valence electrons. The molecule has 16 heavy (non-hydrogen) atoms. The predicted octanol–water partition coefficient (Wildman–Crippen LogP) is 1.86. The number of hydrogen-bond donors (Lipinski definition) is 1. The van der Waals surface area contributed by atoms with Crippen molar-refractivity contribution >= 4 is 11.7 Å². The second kappa shape index (κ2) is 4.39. The number of rotatable bonds is 3. The molecule has 0 spiro atoms. The topological polar surface area (TPSA) is 40.5 Å². The van der Waals surface area contributed by atoms with Crippen molar-refractivity contribution in [2.75, 3.05) is 18.5 Å². The number of allylic oxidation sites excluding steroid dienone is 1. The molecule has 1 aromatic carbocycles. The fraction of sp³-hybridized carbons (Fsp3) is 0.308. The Kier molecular flexibility index (Phi) is 2.95. The summed E-state index contributed by atoms with van der Waals surface area (Å²) in [6.45, 7) is 1.07. The van der Waals surface area contributed by atoms with Gasteiger partial charge in [0.1, 0.15) is 0 Å². The Morgan fingerprint density at radius 3 is 3.12 bits per heavy atom. The zero-order valence-electron chi connectivity index (χ0n) is 9.31. The van der Waals surface area contributed by atoms with Gasteiger partial charge in [0, 0.05) is 25.4 Å². The quantitative estimate of drug-likeness (QED) is 0.786. The van der Waals surface area contributed by atoms with Gasteiger partial charge in [-0.25, -0.2) is 4.79 Å². The van der Waals surface area contributed by atoms with Gasteiger partial charge >= 0.3 is 5.97 Å². The van der Waals surface area contributed by atoms with Gasteiger partial charge in [-0.1, -0.05) is 18.2 Å². The number of likely N-dealkylation sites (N-methyl/N-ethyl adjacent to an activating group) is 1. The van der Waals surface area contributed by atoms with Gasteiger partial charge in [0.05, 0.1) is 0 Å². The van der Waals surface area contributed by atoms with E-state index in [4.69, 9.17) is 5.11 Å². The number of aliphatic carboxylic acids is 1. The van der Waals surface area contributed by atoms with Crippen LogP contribution in [0.4, 0.5) is 5.69 Å². The van der Waals surface area contributed by atoms with Crippen LogP contribution in [0.15, 0.2) is 30.4 Å². The molecule has 0 aromatic heterocycles. The van der Waals surface area contributed by atoms with Crippen LogP contribution in [0, 0.1) is 0 Å². The van der Waals surface area contributed by atoms with Crippen molar-refractivity contribution in [1.29, 1.82) is 0 Å². The second-order valence-electron chi connectivity index (χ2n) is 4.08. The molecule has 0 atom stereocenters. The summed E-state index contributed by atoms with van der Waals surface area (Å²) < 4.78 is 0. The van der Waals surface area contributed by atoms with Crippen molar-refractivity contribution < 1.29 is 9.90 Å². The van der Waals surface area contributed by atoms with Crippen molar-refractivity contribution in [2.24, 2.45) is 0 Å². The van der Waals surface area contributed by atoms with Crippen LogP contribution in [0.2, 0.25) is 0 Å². The monoisotopic (exact) mass is 217 g/mol. The number of carboxylic acid groups (broad SMARTS) is 1. The summed E-state index contributed by atoms with van der Waals surface area (Å²) in [4.78, 5) is 12.6. The average molecular weight is 217 g/mol. The normalized spacial score (nSPS) is 14.4. The van der Waals surface area contributed by atoms with E-state index in [1.165, 1.54) is 22.9 Å². The van der Waals surface area contributed by atoms with E-state index in [1.807, 2.05) is 0 Å². The Labute approximate surface area is 95.0 Å². The summed E-state index contributed by atoms with van der Waals surface area (Å²) in [5, 5.41) is 8.49. The van der Waals surface area contributed by atoms with Gasteiger partial charge in [-0.15, -0.1) is 0 Å². The lowest BCUT2D eigenvalue weighted by atomic mass is 10.1. The van der Waals surface area contributed by atoms with E-state index in [-0.39, 0.29) is 0 Å². The molecule has 0 aliphatic carbocycles. The molecule has 1 aromatic rings. The number of nitrogens with zero attached hydrogens (tertiary/aromatic N) is 1.